The summed E-state index contributed by atoms with van der Waals surface area (Å²) in [5.74, 6) is 0.876. The van der Waals surface area contributed by atoms with Crippen molar-refractivity contribution in [3.63, 3.8) is 0 Å². The summed E-state index contributed by atoms with van der Waals surface area (Å²) in [7, 11) is -1.14. The van der Waals surface area contributed by atoms with Gasteiger partial charge in [-0.25, -0.2) is 0 Å². The Bertz CT molecular complexity index is 564. The van der Waals surface area contributed by atoms with E-state index in [1.807, 2.05) is 6.92 Å². The van der Waals surface area contributed by atoms with Crippen molar-refractivity contribution < 1.29 is 19.1 Å². The zero-order chi connectivity index (χ0) is 19.2. The molecular formula is C18H34NO4P3. The summed E-state index contributed by atoms with van der Waals surface area (Å²) >= 11 is 0. The molecule has 1 saturated heterocycles. The van der Waals surface area contributed by atoms with Gasteiger partial charge in [0.1, 0.15) is 0 Å². The Kier molecular flexibility index (Phi) is 9.17. The fraction of sp³-hybridized carbons (Fsp3) is 0.667. The molecule has 3 atom stereocenters. The van der Waals surface area contributed by atoms with E-state index >= 15 is 0 Å². The minimum atomic E-state index is -1.64. The summed E-state index contributed by atoms with van der Waals surface area (Å²) in [5.41, 5.74) is 1.15. The molecular weight excluding hydrogens is 387 g/mol. The summed E-state index contributed by atoms with van der Waals surface area (Å²) in [6, 6.07) is 6.53. The van der Waals surface area contributed by atoms with Crippen LogP contribution in [-0.4, -0.2) is 69.8 Å². The zero-order valence-corrected chi connectivity index (χ0v) is 19.4. The van der Waals surface area contributed by atoms with Gasteiger partial charge in [-0.2, -0.15) is 0 Å². The van der Waals surface area contributed by atoms with Crippen molar-refractivity contribution in [2.45, 2.75) is 25.6 Å². The predicted molar refractivity (Wildman–Crippen MR) is 118 cm³/mol. The van der Waals surface area contributed by atoms with Crippen LogP contribution in [0.4, 0.5) is 0 Å². The second-order valence-corrected chi connectivity index (χ2v) is 15.0. The van der Waals surface area contributed by atoms with Crippen molar-refractivity contribution in [3.05, 3.63) is 23.8 Å². The summed E-state index contributed by atoms with van der Waals surface area (Å²) in [4.78, 5) is 0. The molecule has 1 aliphatic rings. The van der Waals surface area contributed by atoms with Gasteiger partial charge >= 0.3 is 161 Å². The zero-order valence-electron chi connectivity index (χ0n) is 16.5. The van der Waals surface area contributed by atoms with E-state index in [9.17, 15) is 5.11 Å². The molecule has 1 fully saturated rings. The van der Waals surface area contributed by atoms with Gasteiger partial charge in [0.25, 0.3) is 0 Å². The van der Waals surface area contributed by atoms with Gasteiger partial charge in [-0.1, -0.05) is 0 Å². The Morgan fingerprint density at radius 2 is 2.08 bits per heavy atom. The average molecular weight is 421 g/mol. The molecule has 1 aliphatic heterocycles. The number of benzene rings is 1. The van der Waals surface area contributed by atoms with Gasteiger partial charge in [-0.05, 0) is 0 Å². The van der Waals surface area contributed by atoms with Crippen molar-refractivity contribution in [2.75, 3.05) is 52.5 Å². The van der Waals surface area contributed by atoms with Crippen LogP contribution >= 0.6 is 24.1 Å². The molecule has 0 spiro atoms. The monoisotopic (exact) mass is 421 g/mol. The number of aliphatic hydroxyl groups excluding tert-OH is 1. The summed E-state index contributed by atoms with van der Waals surface area (Å²) in [5, 5.41) is 14.2. The van der Waals surface area contributed by atoms with E-state index in [2.05, 4.69) is 49.9 Å². The van der Waals surface area contributed by atoms with Crippen LogP contribution in [0.1, 0.15) is 12.5 Å². The molecule has 0 amide bonds. The third kappa shape index (κ3) is 7.28. The van der Waals surface area contributed by atoms with Crippen LogP contribution < -0.4 is 15.1 Å². The van der Waals surface area contributed by atoms with E-state index in [-0.39, 0.29) is 26.7 Å². The molecule has 0 bridgehead atoms. The Labute approximate surface area is 161 Å². The van der Waals surface area contributed by atoms with Gasteiger partial charge in [0.2, 0.25) is 0 Å². The molecule has 2 unspecified atom stereocenters. The number of ether oxygens (including phenoxy) is 2. The topological polar surface area (TPSA) is 60.0 Å². The second kappa shape index (κ2) is 10.6. The first-order valence-electron chi connectivity index (χ1n) is 9.13. The van der Waals surface area contributed by atoms with Crippen LogP contribution in [0.15, 0.2) is 18.2 Å². The molecule has 1 heterocycles. The second-order valence-electron chi connectivity index (χ2n) is 7.59. The summed E-state index contributed by atoms with van der Waals surface area (Å²) in [6.45, 7) is 11.6. The Hall–Kier alpha value is 0.150. The third-order valence-electron chi connectivity index (χ3n) is 3.97. The Balaban J connectivity index is 2.19. The van der Waals surface area contributed by atoms with Crippen LogP contribution in [0, 0.1) is 0 Å². The van der Waals surface area contributed by atoms with Crippen LogP contribution in [-0.2, 0) is 15.7 Å². The Morgan fingerprint density at radius 3 is 2.62 bits per heavy atom. The van der Waals surface area contributed by atoms with E-state index in [0.717, 1.165) is 37.0 Å². The maximum absolute atomic E-state index is 9.40. The summed E-state index contributed by atoms with van der Waals surface area (Å²) < 4.78 is 17.8. The number of hydrogen-bond acceptors (Lipinski definition) is 5. The first-order chi connectivity index (χ1) is 12.3. The number of aliphatic hydroxyl groups is 1. The van der Waals surface area contributed by atoms with Gasteiger partial charge in [0, 0.05) is 0 Å². The predicted octanol–water partition coefficient (Wildman–Crippen LogP) is 2.79. The molecule has 5 nitrogen and oxygen atoms in total. The number of rotatable bonds is 11. The van der Waals surface area contributed by atoms with E-state index in [1.165, 1.54) is 5.30 Å². The molecule has 2 rings (SSSR count). The van der Waals surface area contributed by atoms with Gasteiger partial charge in [-0.15, -0.1) is 0 Å². The van der Waals surface area contributed by atoms with E-state index in [1.54, 1.807) is 0 Å². The van der Waals surface area contributed by atoms with E-state index < -0.39 is 7.49 Å². The molecule has 26 heavy (non-hydrogen) atoms. The molecule has 0 saturated carbocycles. The molecule has 0 radical (unpaired) electrons. The molecule has 1 aromatic rings. The van der Waals surface area contributed by atoms with Crippen LogP contribution in [0.2, 0.25) is 0 Å². The Morgan fingerprint density at radius 1 is 1.35 bits per heavy atom. The average Bonchev–Trinajstić information content (AvgIpc) is 2.51. The van der Waals surface area contributed by atoms with Crippen LogP contribution in [0.5, 0.6) is 5.75 Å². The van der Waals surface area contributed by atoms with Crippen LogP contribution in [0.3, 0.4) is 0 Å². The van der Waals surface area contributed by atoms with Crippen molar-refractivity contribution >= 4 is 29.4 Å². The molecule has 0 aromatic heterocycles. The fourth-order valence-corrected chi connectivity index (χ4v) is 5.57. The first kappa shape index (κ1) is 22.4. The standard InChI is InChI=1S/C18H34NO4P3/c1-14(11-20)22-18-9-17(25-12-21-13-25)7-6-15(18)8-16(10-19-24-2)23-26(3,4)5/h6-7,9,14,16,19-20,24,26H,8,10-13H2,1-5H3/t14-,16?/m1/s1. The molecule has 8 heteroatoms. The number of hydrogen-bond donors (Lipinski definition) is 2. The summed E-state index contributed by atoms with van der Waals surface area (Å²) in [6.07, 6.45) is 2.40. The first-order valence-corrected chi connectivity index (χ1v) is 15.7. The number of nitrogens with one attached hydrogen (secondary N) is 1. The van der Waals surface area contributed by atoms with Crippen molar-refractivity contribution in [2.24, 2.45) is 0 Å². The van der Waals surface area contributed by atoms with Crippen LogP contribution in [0.25, 0.3) is 0 Å². The fourth-order valence-electron chi connectivity index (χ4n) is 2.72. The quantitative estimate of drug-likeness (QED) is 0.538. The maximum atomic E-state index is 9.40. The van der Waals surface area contributed by atoms with Gasteiger partial charge in [0.05, 0.1) is 0 Å². The molecule has 2 N–H and O–H groups in total. The van der Waals surface area contributed by atoms with Crippen molar-refractivity contribution in [1.82, 2.24) is 5.09 Å². The minimum absolute atomic E-state index is 0.00881. The third-order valence-corrected chi connectivity index (χ3v) is 7.56. The van der Waals surface area contributed by atoms with E-state index in [0.29, 0.717) is 8.73 Å². The van der Waals surface area contributed by atoms with Gasteiger partial charge < -0.3 is 0 Å². The van der Waals surface area contributed by atoms with Gasteiger partial charge in [-0.3, -0.25) is 0 Å². The normalized spacial score (nSPS) is 18.7. The molecule has 150 valence electrons. The molecule has 0 aliphatic carbocycles. The van der Waals surface area contributed by atoms with Gasteiger partial charge in [0.15, 0.2) is 0 Å². The molecule has 1 aromatic carbocycles. The van der Waals surface area contributed by atoms with Crippen molar-refractivity contribution in [1.29, 1.82) is 0 Å². The van der Waals surface area contributed by atoms with Crippen molar-refractivity contribution in [3.8, 4) is 5.75 Å². The SMILES string of the molecule is CPNCC(Cc1ccc(P2COC2)cc1O[C@H](C)CO)O[PH](C)(C)C. The van der Waals surface area contributed by atoms with E-state index in [4.69, 9.17) is 14.0 Å².